The van der Waals surface area contributed by atoms with E-state index in [0.29, 0.717) is 24.1 Å². The predicted octanol–water partition coefficient (Wildman–Crippen LogP) is 2.69. The maximum absolute atomic E-state index is 12.0. The lowest BCUT2D eigenvalue weighted by Gasteiger charge is -2.34. The zero-order chi connectivity index (χ0) is 15.6. The van der Waals surface area contributed by atoms with E-state index in [0.717, 1.165) is 19.3 Å². The summed E-state index contributed by atoms with van der Waals surface area (Å²) in [5, 5.41) is 7.01. The summed E-state index contributed by atoms with van der Waals surface area (Å²) >= 11 is 0. The molecule has 1 aromatic rings. The van der Waals surface area contributed by atoms with Gasteiger partial charge in [-0.15, -0.1) is 12.4 Å². The molecule has 1 fully saturated rings. The van der Waals surface area contributed by atoms with Gasteiger partial charge in [0.25, 0.3) is 0 Å². The van der Waals surface area contributed by atoms with Crippen LogP contribution in [0.3, 0.4) is 0 Å². The summed E-state index contributed by atoms with van der Waals surface area (Å²) in [6, 6.07) is -0.263. The highest BCUT2D eigenvalue weighted by molar-refractivity contribution is 5.85. The molecule has 22 heavy (non-hydrogen) atoms. The lowest BCUT2D eigenvalue weighted by molar-refractivity contribution is -0.123. The van der Waals surface area contributed by atoms with Crippen LogP contribution in [-0.4, -0.2) is 16.0 Å². The summed E-state index contributed by atoms with van der Waals surface area (Å²) in [7, 11) is 0. The van der Waals surface area contributed by atoms with Gasteiger partial charge >= 0.3 is 0 Å². The van der Waals surface area contributed by atoms with Gasteiger partial charge in [0.05, 0.1) is 5.54 Å². The van der Waals surface area contributed by atoms with E-state index < -0.39 is 5.54 Å². The van der Waals surface area contributed by atoms with Gasteiger partial charge in [-0.3, -0.25) is 4.79 Å². The van der Waals surface area contributed by atoms with Crippen molar-refractivity contribution in [1.29, 1.82) is 0 Å². The quantitative estimate of drug-likeness (QED) is 0.836. The largest absolute Gasteiger partial charge is 0.344 e. The number of hydrogen-bond acceptors (Lipinski definition) is 5. The Morgan fingerprint density at radius 3 is 2.45 bits per heavy atom. The van der Waals surface area contributed by atoms with Crippen molar-refractivity contribution in [2.24, 2.45) is 17.6 Å². The van der Waals surface area contributed by atoms with E-state index in [9.17, 15) is 4.79 Å². The summed E-state index contributed by atoms with van der Waals surface area (Å²) in [4.78, 5) is 16.4. The van der Waals surface area contributed by atoms with Crippen molar-refractivity contribution in [3.05, 3.63) is 11.7 Å². The van der Waals surface area contributed by atoms with Crippen LogP contribution in [0, 0.1) is 11.8 Å². The second-order valence-corrected chi connectivity index (χ2v) is 6.85. The van der Waals surface area contributed by atoms with Crippen LogP contribution in [0.25, 0.3) is 0 Å². The first-order valence-electron chi connectivity index (χ1n) is 7.74. The molecule has 1 aromatic heterocycles. The van der Waals surface area contributed by atoms with Gasteiger partial charge in [0.15, 0.2) is 5.82 Å². The lowest BCUT2D eigenvalue weighted by atomic mass is 9.77. The molecule has 0 bridgehead atoms. The van der Waals surface area contributed by atoms with E-state index in [1.807, 2.05) is 27.7 Å². The molecule has 1 amide bonds. The van der Waals surface area contributed by atoms with Crippen molar-refractivity contribution in [3.8, 4) is 0 Å². The Hall–Kier alpha value is -1.14. The van der Waals surface area contributed by atoms with Crippen molar-refractivity contribution < 1.29 is 9.32 Å². The van der Waals surface area contributed by atoms with Crippen LogP contribution in [0.2, 0.25) is 0 Å². The van der Waals surface area contributed by atoms with E-state index in [4.69, 9.17) is 10.3 Å². The van der Waals surface area contributed by atoms with Crippen LogP contribution >= 0.6 is 12.4 Å². The van der Waals surface area contributed by atoms with Gasteiger partial charge in [-0.2, -0.15) is 4.98 Å². The number of nitrogens with zero attached hydrogens (tertiary/aromatic N) is 2. The number of hydrogen-bond donors (Lipinski definition) is 2. The van der Waals surface area contributed by atoms with E-state index in [1.165, 1.54) is 0 Å². The fourth-order valence-electron chi connectivity index (χ4n) is 2.46. The third-order valence-electron chi connectivity index (χ3n) is 3.98. The van der Waals surface area contributed by atoms with Gasteiger partial charge in [-0.1, -0.05) is 32.9 Å². The highest BCUT2D eigenvalue weighted by atomic mass is 35.5. The summed E-state index contributed by atoms with van der Waals surface area (Å²) in [6.07, 6.45) is 3.36. The fraction of sp³-hybridized carbons (Fsp3) is 0.800. The van der Waals surface area contributed by atoms with Crippen molar-refractivity contribution in [3.63, 3.8) is 0 Å². The smallest absolute Gasteiger partial charge is 0.249 e. The van der Waals surface area contributed by atoms with Crippen LogP contribution < -0.4 is 11.1 Å². The maximum atomic E-state index is 12.0. The second kappa shape index (κ2) is 7.42. The molecule has 1 aliphatic carbocycles. The molecule has 1 atom stereocenters. The summed E-state index contributed by atoms with van der Waals surface area (Å²) in [6.45, 7) is 8.07. The summed E-state index contributed by atoms with van der Waals surface area (Å²) in [5.74, 6) is 1.51. The van der Waals surface area contributed by atoms with Crippen LogP contribution in [0.15, 0.2) is 4.52 Å². The first-order chi connectivity index (χ1) is 9.82. The average Bonchev–Trinajstić information content (AvgIpc) is 2.81. The first kappa shape index (κ1) is 18.9. The van der Waals surface area contributed by atoms with Crippen LogP contribution in [0.1, 0.15) is 71.1 Å². The summed E-state index contributed by atoms with van der Waals surface area (Å²) in [5.41, 5.74) is 5.77. The van der Waals surface area contributed by atoms with Gasteiger partial charge < -0.3 is 15.6 Å². The normalized spacial score (nSPS) is 17.8. The molecule has 126 valence electrons. The minimum Gasteiger partial charge on any atom is -0.344 e. The highest BCUT2D eigenvalue weighted by Gasteiger charge is 2.39. The molecule has 1 saturated carbocycles. The molecule has 1 heterocycles. The third kappa shape index (κ3) is 4.20. The lowest BCUT2D eigenvalue weighted by Crippen LogP contribution is -2.44. The van der Waals surface area contributed by atoms with E-state index in [-0.39, 0.29) is 30.3 Å². The Kier molecular flexibility index (Phi) is 6.38. The molecular weight excluding hydrogens is 304 g/mol. The van der Waals surface area contributed by atoms with Gasteiger partial charge in [-0.25, -0.2) is 0 Å². The third-order valence-corrected chi connectivity index (χ3v) is 3.98. The first-order valence-corrected chi connectivity index (χ1v) is 7.74. The zero-order valence-electron chi connectivity index (χ0n) is 13.8. The zero-order valence-corrected chi connectivity index (χ0v) is 14.6. The molecule has 0 spiro atoms. The van der Waals surface area contributed by atoms with Crippen molar-refractivity contribution >= 4 is 18.3 Å². The number of carbonyl (C=O) groups is 1. The van der Waals surface area contributed by atoms with Gasteiger partial charge in [0.2, 0.25) is 11.8 Å². The number of carbonyl (C=O) groups excluding carboxylic acids is 1. The minimum atomic E-state index is -0.439. The predicted molar refractivity (Wildman–Crippen MR) is 86.4 cm³/mol. The molecule has 0 aliphatic heterocycles. The average molecular weight is 331 g/mol. The molecule has 0 saturated heterocycles. The number of amides is 1. The van der Waals surface area contributed by atoms with Gasteiger partial charge in [-0.05, 0) is 31.1 Å². The Balaban J connectivity index is 0.00000242. The van der Waals surface area contributed by atoms with Crippen molar-refractivity contribution in [1.82, 2.24) is 15.5 Å². The molecular formula is C15H27ClN4O2. The van der Waals surface area contributed by atoms with Crippen molar-refractivity contribution in [2.45, 2.75) is 65.0 Å². The number of halogens is 1. The Morgan fingerprint density at radius 1 is 1.36 bits per heavy atom. The van der Waals surface area contributed by atoms with Crippen molar-refractivity contribution in [2.75, 3.05) is 0 Å². The molecule has 0 aromatic carbocycles. The monoisotopic (exact) mass is 330 g/mol. The fourth-order valence-corrected chi connectivity index (χ4v) is 2.46. The number of rotatable bonds is 6. The molecule has 7 heteroatoms. The van der Waals surface area contributed by atoms with Gasteiger partial charge in [0, 0.05) is 6.42 Å². The van der Waals surface area contributed by atoms with Crippen LogP contribution in [0.4, 0.5) is 0 Å². The van der Waals surface area contributed by atoms with Crippen LogP contribution in [0.5, 0.6) is 0 Å². The number of nitrogens with two attached hydrogens (primary N) is 1. The minimum absolute atomic E-state index is 0. The molecule has 2 rings (SSSR count). The van der Waals surface area contributed by atoms with Gasteiger partial charge in [0.1, 0.15) is 6.04 Å². The van der Waals surface area contributed by atoms with Crippen LogP contribution in [-0.2, 0) is 10.3 Å². The van der Waals surface area contributed by atoms with E-state index in [2.05, 4.69) is 15.5 Å². The summed E-state index contributed by atoms with van der Waals surface area (Å²) < 4.78 is 5.36. The molecule has 1 aliphatic rings. The highest BCUT2D eigenvalue weighted by Crippen LogP contribution is 2.37. The molecule has 6 nitrogen and oxygen atoms in total. The topological polar surface area (TPSA) is 94.0 Å². The van der Waals surface area contributed by atoms with E-state index >= 15 is 0 Å². The molecule has 0 radical (unpaired) electrons. The van der Waals surface area contributed by atoms with E-state index in [1.54, 1.807) is 0 Å². The number of nitrogens with one attached hydrogen (secondary N) is 1. The Bertz CT molecular complexity index is 497. The molecule has 1 unspecified atom stereocenters. The second-order valence-electron chi connectivity index (χ2n) is 6.85. The number of aromatic nitrogens is 2. The molecule has 3 N–H and O–H groups in total. The Labute approximate surface area is 138 Å². The maximum Gasteiger partial charge on any atom is 0.249 e. The standard InChI is InChI=1S/C15H26N4O2.ClH/c1-9(2)8-11(20)17-12(10(3)4)13-18-14(19-21-13)15(16)6-5-7-15;/h9-10,12H,5-8,16H2,1-4H3,(H,17,20);1H. The SMILES string of the molecule is CC(C)CC(=O)NC(c1nc(C2(N)CCC2)no1)C(C)C.Cl. The Morgan fingerprint density at radius 2 is 2.00 bits per heavy atom.